The number of hydrogen-bond donors (Lipinski definition) is 1. The second kappa shape index (κ2) is 9.34. The van der Waals surface area contributed by atoms with Gasteiger partial charge in [-0.15, -0.1) is 10.2 Å². The predicted molar refractivity (Wildman–Crippen MR) is 95.0 cm³/mol. The summed E-state index contributed by atoms with van der Waals surface area (Å²) >= 11 is 1.43. The Balaban J connectivity index is 2.07. The lowest BCUT2D eigenvalue weighted by atomic mass is 10.1. The van der Waals surface area contributed by atoms with E-state index in [2.05, 4.69) is 29.4 Å². The second-order valence-electron chi connectivity index (χ2n) is 5.25. The quantitative estimate of drug-likeness (QED) is 0.699. The van der Waals surface area contributed by atoms with Crippen LogP contribution in [0.5, 0.6) is 5.75 Å². The van der Waals surface area contributed by atoms with E-state index in [1.807, 2.05) is 6.07 Å². The van der Waals surface area contributed by atoms with Crippen LogP contribution in [-0.4, -0.2) is 36.4 Å². The van der Waals surface area contributed by atoms with E-state index in [4.69, 9.17) is 9.47 Å². The van der Waals surface area contributed by atoms with Crippen molar-refractivity contribution < 1.29 is 14.3 Å². The van der Waals surface area contributed by atoms with Gasteiger partial charge in [0.2, 0.25) is 5.13 Å². The fourth-order valence-corrected chi connectivity index (χ4v) is 3.27. The molecule has 1 amide bonds. The van der Waals surface area contributed by atoms with Gasteiger partial charge in [0.25, 0.3) is 5.91 Å². The molecular formula is C17H23N3O3S. The number of methoxy groups -OCH3 is 1. The third-order valence-corrected chi connectivity index (χ3v) is 4.67. The van der Waals surface area contributed by atoms with Gasteiger partial charge < -0.3 is 9.47 Å². The molecule has 24 heavy (non-hydrogen) atoms. The van der Waals surface area contributed by atoms with Crippen LogP contribution in [-0.2, 0) is 4.74 Å². The SMILES string of the molecule is CCC(CC)c1nnc(NC(=O)c2ccccc2OCCOC)s1. The largest absolute Gasteiger partial charge is 0.490 e. The van der Waals surface area contributed by atoms with Crippen molar-refractivity contribution >= 4 is 22.4 Å². The third-order valence-electron chi connectivity index (χ3n) is 3.67. The summed E-state index contributed by atoms with van der Waals surface area (Å²) in [6.07, 6.45) is 2.02. The summed E-state index contributed by atoms with van der Waals surface area (Å²) in [6.45, 7) is 5.10. The molecular weight excluding hydrogens is 326 g/mol. The third kappa shape index (κ3) is 4.75. The number of para-hydroxylation sites is 1. The number of rotatable bonds is 9. The molecule has 0 saturated carbocycles. The number of nitrogens with zero attached hydrogens (tertiary/aromatic N) is 2. The molecule has 1 heterocycles. The first kappa shape index (κ1) is 18.4. The maximum atomic E-state index is 12.5. The topological polar surface area (TPSA) is 73.3 Å². The summed E-state index contributed by atoms with van der Waals surface area (Å²) in [7, 11) is 1.61. The van der Waals surface area contributed by atoms with Crippen LogP contribution in [0.25, 0.3) is 0 Å². The van der Waals surface area contributed by atoms with E-state index in [0.717, 1.165) is 17.8 Å². The average Bonchev–Trinajstić information content (AvgIpc) is 3.05. The van der Waals surface area contributed by atoms with Crippen LogP contribution < -0.4 is 10.1 Å². The summed E-state index contributed by atoms with van der Waals surface area (Å²) in [5.41, 5.74) is 0.466. The minimum Gasteiger partial charge on any atom is -0.490 e. The lowest BCUT2D eigenvalue weighted by molar-refractivity contribution is 0.101. The number of amides is 1. The van der Waals surface area contributed by atoms with Crippen molar-refractivity contribution in [2.45, 2.75) is 32.6 Å². The van der Waals surface area contributed by atoms with Gasteiger partial charge in [-0.3, -0.25) is 10.1 Å². The lowest BCUT2D eigenvalue weighted by Crippen LogP contribution is -2.14. The van der Waals surface area contributed by atoms with Crippen molar-refractivity contribution in [2.75, 3.05) is 25.6 Å². The number of carbonyl (C=O) groups is 1. The summed E-state index contributed by atoms with van der Waals surface area (Å²) in [4.78, 5) is 12.5. The maximum absolute atomic E-state index is 12.5. The highest BCUT2D eigenvalue weighted by Gasteiger charge is 2.17. The molecule has 0 spiro atoms. The number of hydrogen-bond acceptors (Lipinski definition) is 6. The van der Waals surface area contributed by atoms with Crippen LogP contribution in [0, 0.1) is 0 Å². The van der Waals surface area contributed by atoms with E-state index >= 15 is 0 Å². The summed E-state index contributed by atoms with van der Waals surface area (Å²) in [5, 5.41) is 12.5. The highest BCUT2D eigenvalue weighted by molar-refractivity contribution is 7.15. The molecule has 0 unspecified atom stereocenters. The highest BCUT2D eigenvalue weighted by Crippen LogP contribution is 2.28. The van der Waals surface area contributed by atoms with Gasteiger partial charge in [0, 0.05) is 13.0 Å². The van der Waals surface area contributed by atoms with E-state index < -0.39 is 0 Å². The molecule has 0 saturated heterocycles. The smallest absolute Gasteiger partial charge is 0.261 e. The van der Waals surface area contributed by atoms with Gasteiger partial charge in [0.1, 0.15) is 17.4 Å². The summed E-state index contributed by atoms with van der Waals surface area (Å²) in [6, 6.07) is 7.11. The molecule has 0 aliphatic rings. The van der Waals surface area contributed by atoms with Gasteiger partial charge in [-0.25, -0.2) is 0 Å². The van der Waals surface area contributed by atoms with Crippen molar-refractivity contribution in [1.82, 2.24) is 10.2 Å². The standard InChI is InChI=1S/C17H23N3O3S/c1-4-12(5-2)16-19-20-17(24-16)18-15(21)13-8-6-7-9-14(13)23-11-10-22-3/h6-9,12H,4-5,10-11H2,1-3H3,(H,18,20,21). The Labute approximate surface area is 146 Å². The number of benzene rings is 1. The van der Waals surface area contributed by atoms with Crippen LogP contribution in [0.3, 0.4) is 0 Å². The first-order chi connectivity index (χ1) is 11.7. The van der Waals surface area contributed by atoms with Gasteiger partial charge in [0.15, 0.2) is 0 Å². The molecule has 2 aromatic rings. The molecule has 0 aliphatic carbocycles. The van der Waals surface area contributed by atoms with E-state index in [1.165, 1.54) is 11.3 Å². The van der Waals surface area contributed by atoms with Gasteiger partial charge in [-0.1, -0.05) is 37.3 Å². The van der Waals surface area contributed by atoms with E-state index in [9.17, 15) is 4.79 Å². The van der Waals surface area contributed by atoms with E-state index in [1.54, 1.807) is 25.3 Å². The zero-order valence-corrected chi connectivity index (χ0v) is 15.1. The molecule has 0 atom stereocenters. The van der Waals surface area contributed by atoms with Crippen LogP contribution in [0.4, 0.5) is 5.13 Å². The predicted octanol–water partition coefficient (Wildman–Crippen LogP) is 3.72. The fourth-order valence-electron chi connectivity index (χ4n) is 2.27. The molecule has 0 radical (unpaired) electrons. The number of aromatic nitrogens is 2. The van der Waals surface area contributed by atoms with Crippen LogP contribution in [0.15, 0.2) is 24.3 Å². The van der Waals surface area contributed by atoms with Crippen molar-refractivity contribution in [1.29, 1.82) is 0 Å². The van der Waals surface area contributed by atoms with E-state index in [0.29, 0.717) is 35.6 Å². The molecule has 1 aromatic carbocycles. The summed E-state index contributed by atoms with van der Waals surface area (Å²) in [5.74, 6) is 0.657. The Morgan fingerprint density at radius 2 is 1.96 bits per heavy atom. The summed E-state index contributed by atoms with van der Waals surface area (Å²) < 4.78 is 10.6. The molecule has 7 heteroatoms. The van der Waals surface area contributed by atoms with Crippen molar-refractivity contribution in [3.05, 3.63) is 34.8 Å². The Morgan fingerprint density at radius 3 is 2.67 bits per heavy atom. The molecule has 1 N–H and O–H groups in total. The monoisotopic (exact) mass is 349 g/mol. The van der Waals surface area contributed by atoms with Gasteiger partial charge in [-0.2, -0.15) is 0 Å². The minimum absolute atomic E-state index is 0.254. The molecule has 0 bridgehead atoms. The minimum atomic E-state index is -0.254. The van der Waals surface area contributed by atoms with Gasteiger partial charge in [0.05, 0.1) is 12.2 Å². The molecule has 2 rings (SSSR count). The molecule has 1 aromatic heterocycles. The Bertz CT molecular complexity index is 656. The number of nitrogens with one attached hydrogen (secondary N) is 1. The Morgan fingerprint density at radius 1 is 1.21 bits per heavy atom. The van der Waals surface area contributed by atoms with Crippen molar-refractivity contribution in [3.63, 3.8) is 0 Å². The Hall–Kier alpha value is -1.99. The van der Waals surface area contributed by atoms with Crippen molar-refractivity contribution in [2.24, 2.45) is 0 Å². The molecule has 0 fully saturated rings. The van der Waals surface area contributed by atoms with E-state index in [-0.39, 0.29) is 5.91 Å². The normalized spacial score (nSPS) is 10.8. The number of anilines is 1. The zero-order valence-electron chi connectivity index (χ0n) is 14.2. The van der Waals surface area contributed by atoms with Gasteiger partial charge >= 0.3 is 0 Å². The number of carbonyl (C=O) groups excluding carboxylic acids is 1. The van der Waals surface area contributed by atoms with Crippen molar-refractivity contribution in [3.8, 4) is 5.75 Å². The lowest BCUT2D eigenvalue weighted by Gasteiger charge is -2.10. The first-order valence-electron chi connectivity index (χ1n) is 8.05. The zero-order chi connectivity index (χ0) is 17.4. The van der Waals surface area contributed by atoms with Gasteiger partial charge in [-0.05, 0) is 25.0 Å². The van der Waals surface area contributed by atoms with Crippen LogP contribution in [0.1, 0.15) is 48.0 Å². The maximum Gasteiger partial charge on any atom is 0.261 e. The van der Waals surface area contributed by atoms with Crippen LogP contribution in [0.2, 0.25) is 0 Å². The molecule has 130 valence electrons. The second-order valence-corrected chi connectivity index (χ2v) is 6.26. The molecule has 0 aliphatic heterocycles. The first-order valence-corrected chi connectivity index (χ1v) is 8.86. The average molecular weight is 349 g/mol. The highest BCUT2D eigenvalue weighted by atomic mass is 32.1. The molecule has 6 nitrogen and oxygen atoms in total. The fraction of sp³-hybridized carbons (Fsp3) is 0.471. The number of ether oxygens (including phenoxy) is 2. The van der Waals surface area contributed by atoms with Crippen LogP contribution >= 0.6 is 11.3 Å². The Kier molecular flexibility index (Phi) is 7.14.